The van der Waals surface area contributed by atoms with E-state index >= 15 is 0 Å². The van der Waals surface area contributed by atoms with Crippen LogP contribution in [0.3, 0.4) is 0 Å². The maximum absolute atomic E-state index is 13.6. The summed E-state index contributed by atoms with van der Waals surface area (Å²) in [6, 6.07) is 2.45. The Bertz CT molecular complexity index is 1520. The van der Waals surface area contributed by atoms with E-state index in [1.54, 1.807) is 29.0 Å². The number of nitrogens with two attached hydrogens (primary N) is 1. The lowest BCUT2D eigenvalue weighted by Crippen LogP contribution is -2.39. The van der Waals surface area contributed by atoms with Gasteiger partial charge in [-0.1, -0.05) is 19.9 Å². The van der Waals surface area contributed by atoms with Gasteiger partial charge in [0.1, 0.15) is 0 Å². The molecular formula is C24H37N7O5S. The molecule has 4 rings (SSSR count). The molecule has 1 atom stereocenters. The molecule has 3 N–H and O–H groups in total. The van der Waals surface area contributed by atoms with Crippen LogP contribution < -0.4 is 16.2 Å². The predicted octanol–water partition coefficient (Wildman–Crippen LogP) is 2.34. The third-order valence-electron chi connectivity index (χ3n) is 5.96. The van der Waals surface area contributed by atoms with Crippen LogP contribution in [-0.2, 0) is 33.2 Å². The Morgan fingerprint density at radius 2 is 2.03 bits per heavy atom. The van der Waals surface area contributed by atoms with Crippen LogP contribution in [0.25, 0.3) is 16.5 Å². The van der Waals surface area contributed by atoms with Gasteiger partial charge in [0.2, 0.25) is 21.9 Å². The second-order valence-corrected chi connectivity index (χ2v) is 10.0. The zero-order valence-corrected chi connectivity index (χ0v) is 22.7. The van der Waals surface area contributed by atoms with E-state index in [2.05, 4.69) is 15.6 Å². The van der Waals surface area contributed by atoms with Crippen LogP contribution in [-0.4, -0.2) is 58.3 Å². The molecule has 0 saturated heterocycles. The molecule has 0 spiro atoms. The lowest BCUT2D eigenvalue weighted by Gasteiger charge is -2.32. The number of aromatic nitrogens is 4. The maximum Gasteiger partial charge on any atom is 0.263 e. The van der Waals surface area contributed by atoms with E-state index in [1.165, 1.54) is 30.7 Å². The molecule has 1 aliphatic rings. The first-order valence-electron chi connectivity index (χ1n) is 11.9. The number of aryl methyl sites for hydroxylation is 1. The number of anilines is 1. The zero-order valence-electron chi connectivity index (χ0n) is 21.8. The van der Waals surface area contributed by atoms with Crippen molar-refractivity contribution in [2.45, 2.75) is 51.6 Å². The van der Waals surface area contributed by atoms with Gasteiger partial charge in [-0.05, 0) is 31.1 Å². The number of hydrogen-bond acceptors (Lipinski definition) is 8. The summed E-state index contributed by atoms with van der Waals surface area (Å²) in [6.07, 6.45) is 5.71. The number of amides is 1. The summed E-state index contributed by atoms with van der Waals surface area (Å²) in [5.74, 6) is 0.0900. The fourth-order valence-corrected chi connectivity index (χ4v) is 4.90. The van der Waals surface area contributed by atoms with Crippen LogP contribution in [0.1, 0.15) is 48.1 Å². The molecule has 2 aromatic heterocycles. The molecule has 1 aromatic carbocycles. The van der Waals surface area contributed by atoms with Crippen LogP contribution in [0.4, 0.5) is 5.95 Å². The van der Waals surface area contributed by atoms with Gasteiger partial charge < -0.3 is 4.90 Å². The highest BCUT2D eigenvalue weighted by atomic mass is 32.2. The Morgan fingerprint density at radius 3 is 2.57 bits per heavy atom. The summed E-state index contributed by atoms with van der Waals surface area (Å²) in [6.45, 7) is 7.95. The van der Waals surface area contributed by atoms with Gasteiger partial charge in [0.25, 0.3) is 5.56 Å². The summed E-state index contributed by atoms with van der Waals surface area (Å²) in [5.41, 5.74) is 4.46. The molecular weight excluding hydrogens is 498 g/mol. The Morgan fingerprint density at radius 1 is 1.32 bits per heavy atom. The Kier molecular flexibility index (Phi) is 8.51. The normalized spacial score (nSPS) is 15.7. The number of rotatable bonds is 6. The first-order valence-corrected chi connectivity index (χ1v) is 13.4. The van der Waals surface area contributed by atoms with Crippen LogP contribution >= 0.6 is 0 Å². The Balaban J connectivity index is 0.00000186. The Labute approximate surface area is 218 Å². The zero-order chi connectivity index (χ0) is 27.5. The molecule has 37 heavy (non-hydrogen) atoms. The van der Waals surface area contributed by atoms with E-state index < -0.39 is 15.6 Å². The molecule has 0 radical (unpaired) electrons. The first kappa shape index (κ1) is 28.0. The van der Waals surface area contributed by atoms with E-state index in [0.717, 1.165) is 11.1 Å². The van der Waals surface area contributed by atoms with Crippen molar-refractivity contribution in [1.82, 2.24) is 24.2 Å². The fourth-order valence-electron chi connectivity index (χ4n) is 4.34. The predicted molar refractivity (Wildman–Crippen MR) is 145 cm³/mol. The minimum atomic E-state index is -4.12. The van der Waals surface area contributed by atoms with E-state index in [1.807, 2.05) is 26.8 Å². The summed E-state index contributed by atoms with van der Waals surface area (Å²) >= 11 is 0. The highest BCUT2D eigenvalue weighted by Gasteiger charge is 2.25. The summed E-state index contributed by atoms with van der Waals surface area (Å²) in [5, 5.41) is 9.68. The van der Waals surface area contributed by atoms with Crippen molar-refractivity contribution in [2.75, 3.05) is 19.1 Å². The quantitative estimate of drug-likeness (QED) is 0.456. The van der Waals surface area contributed by atoms with E-state index in [-0.39, 0.29) is 37.6 Å². The summed E-state index contributed by atoms with van der Waals surface area (Å²) in [4.78, 5) is 36.8. The number of carbonyl (C=O) groups is 1. The van der Waals surface area contributed by atoms with Crippen LogP contribution in [0.15, 0.2) is 40.3 Å². The number of sulfonamides is 1. The molecule has 12 nitrogen and oxygen atoms in total. The van der Waals surface area contributed by atoms with Gasteiger partial charge in [0.15, 0.2) is 0 Å². The van der Waals surface area contributed by atoms with Crippen molar-refractivity contribution >= 4 is 38.4 Å². The summed E-state index contributed by atoms with van der Waals surface area (Å²) in [7, 11) is -0.960. The lowest BCUT2D eigenvalue weighted by molar-refractivity contribution is -0.130. The van der Waals surface area contributed by atoms with Gasteiger partial charge >= 0.3 is 0 Å². The Hall–Kier alpha value is -3.55. The molecule has 3 aromatic rings. The number of hydrogen-bond donors (Lipinski definition) is 2. The maximum atomic E-state index is 13.6. The van der Waals surface area contributed by atoms with Gasteiger partial charge in [-0.25, -0.2) is 24.0 Å². The standard InChI is InChI=1S/C22H27N7O5S.C2H6.2H2/c1-13-7-16(5-6-28(13)14(2)30)18-8-17(35(23,32)33)9-19-20(18)25-22(26-34-4)29(21(19)31)12-15-10-24-27(3)11-15;1-2;;/h7-11,13H,5-6,12H2,1-4H3,(H,25,26)(H2,23,32,33);1-2H3;2*1H/t13-;;;/m1.../s1. The second-order valence-electron chi connectivity index (χ2n) is 8.46. The molecule has 0 saturated carbocycles. The topological polar surface area (TPSA) is 154 Å². The molecule has 0 bridgehead atoms. The third-order valence-corrected chi connectivity index (χ3v) is 6.85. The highest BCUT2D eigenvalue weighted by Crippen LogP contribution is 2.32. The fraction of sp³-hybridized carbons (Fsp3) is 0.417. The second kappa shape index (κ2) is 11.2. The van der Waals surface area contributed by atoms with E-state index in [4.69, 9.17) is 9.98 Å². The van der Waals surface area contributed by atoms with Crippen LogP contribution in [0.2, 0.25) is 0 Å². The average molecular weight is 536 g/mol. The molecule has 0 fully saturated rings. The van der Waals surface area contributed by atoms with Crippen molar-refractivity contribution < 1.29 is 20.9 Å². The van der Waals surface area contributed by atoms with Gasteiger partial charge in [-0.2, -0.15) is 5.10 Å². The molecule has 1 amide bonds. The molecule has 0 unspecified atom stereocenters. The van der Waals surface area contributed by atoms with Gasteiger partial charge in [-0.15, -0.1) is 0 Å². The SMILES string of the molecule is CC.CONc1nc2c(C3=C[C@@H](C)N(C(C)=O)CC3)cc(S(N)(=O)=O)cc2c(=O)n1Cc1cnn(C)c1.[HH].[HH]. The van der Waals surface area contributed by atoms with Crippen LogP contribution in [0.5, 0.6) is 0 Å². The molecule has 3 heterocycles. The number of nitrogens with one attached hydrogen (secondary N) is 1. The van der Waals surface area contributed by atoms with Crippen molar-refractivity contribution in [1.29, 1.82) is 0 Å². The minimum Gasteiger partial charge on any atom is -0.336 e. The third kappa shape index (κ3) is 5.89. The van der Waals surface area contributed by atoms with Crippen molar-refractivity contribution in [3.05, 3.63) is 52.1 Å². The van der Waals surface area contributed by atoms with Crippen molar-refractivity contribution in [3.63, 3.8) is 0 Å². The van der Waals surface area contributed by atoms with Gasteiger partial charge in [0, 0.05) is 46.7 Å². The summed E-state index contributed by atoms with van der Waals surface area (Å²) < 4.78 is 27.6. The number of fused-ring (bicyclic) bond motifs is 1. The molecule has 13 heteroatoms. The monoisotopic (exact) mass is 535 g/mol. The average Bonchev–Trinajstić information content (AvgIpc) is 3.26. The van der Waals surface area contributed by atoms with Gasteiger partial charge in [-0.3, -0.25) is 23.7 Å². The van der Waals surface area contributed by atoms with Crippen molar-refractivity contribution in [3.8, 4) is 0 Å². The minimum absolute atomic E-state index is 0. The smallest absolute Gasteiger partial charge is 0.263 e. The highest BCUT2D eigenvalue weighted by molar-refractivity contribution is 7.89. The molecule has 1 aliphatic heterocycles. The van der Waals surface area contributed by atoms with Crippen molar-refractivity contribution in [2.24, 2.45) is 12.2 Å². The number of primary sulfonamides is 1. The molecule has 204 valence electrons. The largest absolute Gasteiger partial charge is 0.336 e. The molecule has 0 aliphatic carbocycles. The van der Waals surface area contributed by atoms with E-state index in [9.17, 15) is 18.0 Å². The first-order chi connectivity index (χ1) is 17.5. The van der Waals surface area contributed by atoms with Gasteiger partial charge in [0.05, 0.1) is 35.6 Å². The number of benzene rings is 1. The number of nitrogens with zero attached hydrogens (tertiary/aromatic N) is 5. The number of carbonyl (C=O) groups excluding carboxylic acids is 1. The van der Waals surface area contributed by atoms with Crippen LogP contribution in [0, 0.1) is 0 Å². The van der Waals surface area contributed by atoms with E-state index in [0.29, 0.717) is 24.0 Å². The lowest BCUT2D eigenvalue weighted by atomic mass is 9.94.